The molecule has 1 heterocycles. The maximum absolute atomic E-state index is 13.1. The quantitative estimate of drug-likeness (QED) is 0.436. The Morgan fingerprint density at radius 2 is 1.91 bits per heavy atom. The van der Waals surface area contributed by atoms with Gasteiger partial charge in [-0.05, 0) is 65.8 Å². The van der Waals surface area contributed by atoms with E-state index in [4.69, 9.17) is 0 Å². The van der Waals surface area contributed by atoms with E-state index in [2.05, 4.69) is 10.3 Å². The minimum Gasteiger partial charge on any atom is -0.480 e. The highest BCUT2D eigenvalue weighted by Gasteiger charge is 2.22. The van der Waals surface area contributed by atoms with Gasteiger partial charge in [-0.25, -0.2) is 4.79 Å². The lowest BCUT2D eigenvalue weighted by Crippen LogP contribution is -2.41. The number of hydrogen-bond acceptors (Lipinski definition) is 4. The molecule has 1 aromatic heterocycles. The van der Waals surface area contributed by atoms with Crippen LogP contribution in [0.3, 0.4) is 0 Å². The fraction of sp³-hybridized carbons (Fsp3) is 0.192. The van der Waals surface area contributed by atoms with E-state index < -0.39 is 17.9 Å². The van der Waals surface area contributed by atoms with Crippen LogP contribution in [0.15, 0.2) is 65.7 Å². The van der Waals surface area contributed by atoms with E-state index in [1.807, 2.05) is 49.6 Å². The van der Waals surface area contributed by atoms with Gasteiger partial charge in [0, 0.05) is 29.6 Å². The summed E-state index contributed by atoms with van der Waals surface area (Å²) in [5.74, 6) is -0.858. The highest BCUT2D eigenvalue weighted by Crippen LogP contribution is 2.29. The van der Waals surface area contributed by atoms with Crippen molar-refractivity contribution in [2.24, 2.45) is 0 Å². The lowest BCUT2D eigenvalue weighted by molar-refractivity contribution is -0.139. The van der Waals surface area contributed by atoms with Gasteiger partial charge in [0.15, 0.2) is 5.43 Å². The average Bonchev–Trinajstić information content (AvgIpc) is 2.81. The molecule has 0 saturated carbocycles. The Hall–Kier alpha value is -3.58. The first-order valence-corrected chi connectivity index (χ1v) is 11.9. The summed E-state index contributed by atoms with van der Waals surface area (Å²) in [5.41, 5.74) is 4.21. The summed E-state index contributed by atoms with van der Waals surface area (Å²) in [7, 11) is 0. The van der Waals surface area contributed by atoms with E-state index in [1.54, 1.807) is 30.6 Å². The molecule has 0 aliphatic carbocycles. The standard InChI is InChI=1S/C26H26N2O4S/c1-17-5-3-4-6-20(17)22-15-18(7-9-19-16-27-13-11-24(19)29)8-10-21(22)25(30)28-23(26(31)32)12-14-33-2/h3-11,13,15-16,23H,12,14H2,1-2H3,(H,27,29)(H,28,30)(H,31,32)/b9-7+/t23-/m0/s1. The second-order valence-corrected chi connectivity index (χ2v) is 8.55. The number of aromatic nitrogens is 1. The summed E-state index contributed by atoms with van der Waals surface area (Å²) in [6.07, 6.45) is 8.97. The number of rotatable bonds is 9. The number of aromatic amines is 1. The van der Waals surface area contributed by atoms with Gasteiger partial charge in [0.1, 0.15) is 6.04 Å². The molecule has 33 heavy (non-hydrogen) atoms. The van der Waals surface area contributed by atoms with Crippen molar-refractivity contribution in [2.75, 3.05) is 12.0 Å². The van der Waals surface area contributed by atoms with Crippen LogP contribution >= 0.6 is 11.8 Å². The van der Waals surface area contributed by atoms with E-state index in [0.717, 1.165) is 16.7 Å². The summed E-state index contributed by atoms with van der Waals surface area (Å²) >= 11 is 1.53. The number of aryl methyl sites for hydroxylation is 1. The van der Waals surface area contributed by atoms with Gasteiger partial charge in [0.25, 0.3) is 5.91 Å². The molecule has 1 atom stereocenters. The fourth-order valence-electron chi connectivity index (χ4n) is 3.44. The van der Waals surface area contributed by atoms with Gasteiger partial charge in [-0.15, -0.1) is 0 Å². The van der Waals surface area contributed by atoms with Crippen LogP contribution in [-0.2, 0) is 4.79 Å². The van der Waals surface area contributed by atoms with Crippen LogP contribution in [0.4, 0.5) is 0 Å². The Bertz CT molecular complexity index is 1230. The van der Waals surface area contributed by atoms with Gasteiger partial charge in [-0.2, -0.15) is 11.8 Å². The summed E-state index contributed by atoms with van der Waals surface area (Å²) in [5, 5.41) is 12.2. The molecule has 1 amide bonds. The number of carboxylic acid groups (broad SMARTS) is 1. The normalized spacial score (nSPS) is 11.9. The van der Waals surface area contributed by atoms with Crippen LogP contribution < -0.4 is 10.7 Å². The largest absolute Gasteiger partial charge is 0.480 e. The minimum absolute atomic E-state index is 0.0925. The summed E-state index contributed by atoms with van der Waals surface area (Å²) < 4.78 is 0. The van der Waals surface area contributed by atoms with Crippen molar-refractivity contribution in [1.82, 2.24) is 10.3 Å². The highest BCUT2D eigenvalue weighted by atomic mass is 32.2. The number of carbonyl (C=O) groups is 2. The summed E-state index contributed by atoms with van der Waals surface area (Å²) in [6.45, 7) is 1.96. The van der Waals surface area contributed by atoms with Crippen LogP contribution in [0.5, 0.6) is 0 Å². The number of benzene rings is 2. The SMILES string of the molecule is CSCC[C@H](NC(=O)c1ccc(/C=C/c2c[nH]ccc2=O)cc1-c1ccccc1C)C(=O)O. The average molecular weight is 463 g/mol. The smallest absolute Gasteiger partial charge is 0.326 e. The molecule has 170 valence electrons. The second-order valence-electron chi connectivity index (χ2n) is 7.56. The number of aliphatic carboxylic acids is 1. The molecule has 0 bridgehead atoms. The van der Waals surface area contributed by atoms with E-state index >= 15 is 0 Å². The van der Waals surface area contributed by atoms with Crippen molar-refractivity contribution in [3.05, 3.63) is 93.4 Å². The predicted octanol–water partition coefficient (Wildman–Crippen LogP) is 4.46. The van der Waals surface area contributed by atoms with E-state index in [0.29, 0.717) is 28.9 Å². The number of H-pyrrole nitrogens is 1. The van der Waals surface area contributed by atoms with Crippen molar-refractivity contribution in [3.63, 3.8) is 0 Å². The third kappa shape index (κ3) is 6.23. The molecule has 0 spiro atoms. The molecule has 6 nitrogen and oxygen atoms in total. The van der Waals surface area contributed by atoms with Crippen molar-refractivity contribution in [1.29, 1.82) is 0 Å². The zero-order valence-electron chi connectivity index (χ0n) is 18.5. The minimum atomic E-state index is -1.05. The lowest BCUT2D eigenvalue weighted by Gasteiger charge is -2.17. The molecule has 0 aliphatic rings. The van der Waals surface area contributed by atoms with Gasteiger partial charge in [0.2, 0.25) is 0 Å². The molecule has 0 radical (unpaired) electrons. The van der Waals surface area contributed by atoms with Gasteiger partial charge < -0.3 is 15.4 Å². The molecule has 3 N–H and O–H groups in total. The van der Waals surface area contributed by atoms with Crippen molar-refractivity contribution >= 4 is 35.8 Å². The Kier molecular flexibility index (Phi) is 8.27. The lowest BCUT2D eigenvalue weighted by atomic mass is 9.93. The van der Waals surface area contributed by atoms with Crippen molar-refractivity contribution in [3.8, 4) is 11.1 Å². The Labute approximate surface area is 196 Å². The summed E-state index contributed by atoms with van der Waals surface area (Å²) in [4.78, 5) is 39.6. The highest BCUT2D eigenvalue weighted by molar-refractivity contribution is 7.98. The molecule has 7 heteroatoms. The monoisotopic (exact) mass is 462 g/mol. The van der Waals surface area contributed by atoms with Gasteiger partial charge in [0.05, 0.1) is 0 Å². The molecular weight excluding hydrogens is 436 g/mol. The zero-order valence-corrected chi connectivity index (χ0v) is 19.3. The summed E-state index contributed by atoms with van der Waals surface area (Å²) in [6, 6.07) is 13.6. The molecule has 3 rings (SSSR count). The zero-order chi connectivity index (χ0) is 23.8. The van der Waals surface area contributed by atoms with E-state index in [1.165, 1.54) is 17.8 Å². The maximum Gasteiger partial charge on any atom is 0.326 e. The molecular formula is C26H26N2O4S. The van der Waals surface area contributed by atoms with Crippen LogP contribution in [0.1, 0.15) is 33.5 Å². The van der Waals surface area contributed by atoms with Crippen LogP contribution in [0.25, 0.3) is 23.3 Å². The first kappa shape index (κ1) is 24.1. The topological polar surface area (TPSA) is 99.3 Å². The third-order valence-corrected chi connectivity index (χ3v) is 5.89. The molecule has 0 fully saturated rings. The van der Waals surface area contributed by atoms with Crippen LogP contribution in [-0.4, -0.2) is 40.0 Å². The van der Waals surface area contributed by atoms with Gasteiger partial charge in [-0.1, -0.05) is 36.4 Å². The number of hydrogen-bond donors (Lipinski definition) is 3. The number of amides is 1. The molecule has 2 aromatic carbocycles. The van der Waals surface area contributed by atoms with Crippen LogP contribution in [0, 0.1) is 6.92 Å². The first-order chi connectivity index (χ1) is 15.9. The van der Waals surface area contributed by atoms with Gasteiger partial charge in [-0.3, -0.25) is 9.59 Å². The third-order valence-electron chi connectivity index (χ3n) is 5.25. The second kappa shape index (κ2) is 11.3. The van der Waals surface area contributed by atoms with Crippen LogP contribution in [0.2, 0.25) is 0 Å². The van der Waals surface area contributed by atoms with E-state index in [9.17, 15) is 19.5 Å². The number of nitrogens with one attached hydrogen (secondary N) is 2. The van der Waals surface area contributed by atoms with Crippen molar-refractivity contribution in [2.45, 2.75) is 19.4 Å². The first-order valence-electron chi connectivity index (χ1n) is 10.5. The molecule has 0 aliphatic heterocycles. The fourth-order valence-corrected chi connectivity index (χ4v) is 3.91. The number of carbonyl (C=O) groups excluding carboxylic acids is 1. The maximum atomic E-state index is 13.1. The number of pyridine rings is 1. The molecule has 0 unspecified atom stereocenters. The molecule has 0 saturated heterocycles. The number of thioether (sulfide) groups is 1. The van der Waals surface area contributed by atoms with Gasteiger partial charge >= 0.3 is 5.97 Å². The Morgan fingerprint density at radius 1 is 1.12 bits per heavy atom. The molecule has 3 aromatic rings. The van der Waals surface area contributed by atoms with E-state index in [-0.39, 0.29) is 5.43 Å². The Morgan fingerprint density at radius 3 is 2.61 bits per heavy atom. The number of carboxylic acids is 1. The Balaban J connectivity index is 2.00. The predicted molar refractivity (Wildman–Crippen MR) is 134 cm³/mol. The van der Waals surface area contributed by atoms with Crippen molar-refractivity contribution < 1.29 is 14.7 Å².